The maximum atomic E-state index is 11.8. The SMILES string of the molecule is O=S(=O)(/N=C/c1ccccc1)c1ccccc1. The zero-order chi connectivity index (χ0) is 12.1. The van der Waals surface area contributed by atoms with E-state index in [9.17, 15) is 8.42 Å². The standard InChI is InChI=1S/C13H11NO2S/c15-17(16,13-9-5-2-6-10-13)14-11-12-7-3-1-4-8-12/h1-11H/b14-11+. The molecule has 0 aliphatic rings. The van der Waals surface area contributed by atoms with E-state index in [1.54, 1.807) is 30.3 Å². The largest absolute Gasteiger partial charge is 0.282 e. The second-order valence-corrected chi connectivity index (χ2v) is 5.07. The summed E-state index contributed by atoms with van der Waals surface area (Å²) in [6.07, 6.45) is 1.35. The molecule has 0 aromatic heterocycles. The molecule has 17 heavy (non-hydrogen) atoms. The van der Waals surface area contributed by atoms with Gasteiger partial charge >= 0.3 is 0 Å². The van der Waals surface area contributed by atoms with E-state index in [4.69, 9.17) is 0 Å². The number of rotatable bonds is 3. The van der Waals surface area contributed by atoms with Crippen LogP contribution in [0.2, 0.25) is 0 Å². The van der Waals surface area contributed by atoms with E-state index in [-0.39, 0.29) is 4.90 Å². The normalized spacial score (nSPS) is 11.8. The summed E-state index contributed by atoms with van der Waals surface area (Å²) in [5, 5.41) is 0. The summed E-state index contributed by atoms with van der Waals surface area (Å²) in [4.78, 5) is 0.201. The predicted octanol–water partition coefficient (Wildman–Crippen LogP) is 2.49. The Morgan fingerprint density at radius 1 is 0.824 bits per heavy atom. The van der Waals surface area contributed by atoms with Crippen molar-refractivity contribution in [2.24, 2.45) is 4.40 Å². The zero-order valence-electron chi connectivity index (χ0n) is 9.02. The minimum atomic E-state index is -3.59. The van der Waals surface area contributed by atoms with Crippen molar-refractivity contribution in [2.45, 2.75) is 4.90 Å². The minimum Gasteiger partial charge on any atom is -0.199 e. The smallest absolute Gasteiger partial charge is 0.199 e. The number of sulfonamides is 1. The molecule has 2 rings (SSSR count). The van der Waals surface area contributed by atoms with Crippen LogP contribution >= 0.6 is 0 Å². The Morgan fingerprint density at radius 2 is 1.35 bits per heavy atom. The Bertz CT molecular complexity index is 604. The Kier molecular flexibility index (Phi) is 3.35. The molecule has 0 fully saturated rings. The summed E-state index contributed by atoms with van der Waals surface area (Å²) < 4.78 is 27.3. The summed E-state index contributed by atoms with van der Waals surface area (Å²) in [6, 6.07) is 17.3. The molecule has 4 heteroatoms. The molecule has 0 bridgehead atoms. The van der Waals surface area contributed by atoms with Gasteiger partial charge in [-0.3, -0.25) is 0 Å². The van der Waals surface area contributed by atoms with Gasteiger partial charge in [0.1, 0.15) is 0 Å². The van der Waals surface area contributed by atoms with E-state index in [1.807, 2.05) is 18.2 Å². The molecule has 2 aromatic carbocycles. The second-order valence-electron chi connectivity index (χ2n) is 3.43. The van der Waals surface area contributed by atoms with Gasteiger partial charge in [-0.2, -0.15) is 12.8 Å². The molecule has 0 amide bonds. The van der Waals surface area contributed by atoms with Crippen LogP contribution in [-0.4, -0.2) is 14.6 Å². The number of benzene rings is 2. The number of nitrogens with zero attached hydrogens (tertiary/aromatic N) is 1. The molecular formula is C13H11NO2S. The van der Waals surface area contributed by atoms with Crippen LogP contribution in [0.25, 0.3) is 0 Å². The van der Waals surface area contributed by atoms with Gasteiger partial charge in [-0.1, -0.05) is 48.5 Å². The molecule has 0 aliphatic carbocycles. The predicted molar refractivity (Wildman–Crippen MR) is 67.7 cm³/mol. The second kappa shape index (κ2) is 4.93. The van der Waals surface area contributed by atoms with Gasteiger partial charge in [0.15, 0.2) is 0 Å². The molecule has 2 aromatic rings. The molecule has 0 unspecified atom stereocenters. The van der Waals surface area contributed by atoms with Crippen molar-refractivity contribution in [3.05, 3.63) is 66.2 Å². The van der Waals surface area contributed by atoms with Gasteiger partial charge in [0.2, 0.25) is 0 Å². The molecule has 0 spiro atoms. The molecule has 86 valence electrons. The zero-order valence-corrected chi connectivity index (χ0v) is 9.84. The summed E-state index contributed by atoms with van der Waals surface area (Å²) in [5.74, 6) is 0. The van der Waals surface area contributed by atoms with Crippen LogP contribution in [0.3, 0.4) is 0 Å². The third kappa shape index (κ3) is 3.01. The maximum Gasteiger partial charge on any atom is 0.282 e. The number of hydrogen-bond donors (Lipinski definition) is 0. The highest BCUT2D eigenvalue weighted by Gasteiger charge is 2.09. The summed E-state index contributed by atoms with van der Waals surface area (Å²) in [5.41, 5.74) is 0.756. The van der Waals surface area contributed by atoms with Crippen molar-refractivity contribution >= 4 is 16.2 Å². The highest BCUT2D eigenvalue weighted by molar-refractivity contribution is 7.90. The first-order chi connectivity index (χ1) is 8.18. The van der Waals surface area contributed by atoms with Gasteiger partial charge in [-0.05, 0) is 17.7 Å². The Balaban J connectivity index is 2.28. The Labute approximate surface area is 101 Å². The molecule has 0 heterocycles. The monoisotopic (exact) mass is 245 g/mol. The molecule has 0 saturated heterocycles. The van der Waals surface area contributed by atoms with Gasteiger partial charge in [-0.15, -0.1) is 0 Å². The highest BCUT2D eigenvalue weighted by Crippen LogP contribution is 2.11. The van der Waals surface area contributed by atoms with Crippen LogP contribution in [-0.2, 0) is 10.0 Å². The van der Waals surface area contributed by atoms with Crippen molar-refractivity contribution in [3.8, 4) is 0 Å². The van der Waals surface area contributed by atoms with Crippen LogP contribution < -0.4 is 0 Å². The van der Waals surface area contributed by atoms with E-state index in [0.29, 0.717) is 0 Å². The van der Waals surface area contributed by atoms with E-state index >= 15 is 0 Å². The molecule has 0 saturated carbocycles. The molecule has 0 N–H and O–H groups in total. The van der Waals surface area contributed by atoms with Crippen molar-refractivity contribution in [3.63, 3.8) is 0 Å². The van der Waals surface area contributed by atoms with Gasteiger partial charge in [0.25, 0.3) is 10.0 Å². The maximum absolute atomic E-state index is 11.8. The van der Waals surface area contributed by atoms with Crippen LogP contribution in [0.15, 0.2) is 70.0 Å². The summed E-state index contributed by atoms with van der Waals surface area (Å²) >= 11 is 0. The van der Waals surface area contributed by atoms with Crippen molar-refractivity contribution < 1.29 is 8.42 Å². The first kappa shape index (κ1) is 11.5. The van der Waals surface area contributed by atoms with Gasteiger partial charge in [0.05, 0.1) is 4.90 Å². The molecular weight excluding hydrogens is 234 g/mol. The topological polar surface area (TPSA) is 46.5 Å². The van der Waals surface area contributed by atoms with Crippen LogP contribution in [0.1, 0.15) is 5.56 Å². The third-order valence-corrected chi connectivity index (χ3v) is 3.43. The van der Waals surface area contributed by atoms with Crippen LogP contribution in [0.4, 0.5) is 0 Å². The summed E-state index contributed by atoms with van der Waals surface area (Å²) in [6.45, 7) is 0. The van der Waals surface area contributed by atoms with Gasteiger partial charge in [-0.25, -0.2) is 0 Å². The van der Waals surface area contributed by atoms with Crippen LogP contribution in [0, 0.1) is 0 Å². The lowest BCUT2D eigenvalue weighted by Gasteiger charge is -1.97. The molecule has 0 radical (unpaired) electrons. The summed E-state index contributed by atoms with van der Waals surface area (Å²) in [7, 11) is -3.59. The molecule has 3 nitrogen and oxygen atoms in total. The average molecular weight is 245 g/mol. The number of hydrogen-bond acceptors (Lipinski definition) is 2. The third-order valence-electron chi connectivity index (χ3n) is 2.18. The van der Waals surface area contributed by atoms with E-state index in [2.05, 4.69) is 4.40 Å². The molecule has 0 aliphatic heterocycles. The lowest BCUT2D eigenvalue weighted by molar-refractivity contribution is 0.598. The lowest BCUT2D eigenvalue weighted by atomic mass is 10.2. The average Bonchev–Trinajstić information content (AvgIpc) is 2.39. The lowest BCUT2D eigenvalue weighted by Crippen LogP contribution is -1.97. The minimum absolute atomic E-state index is 0.201. The Hall–Kier alpha value is -1.94. The van der Waals surface area contributed by atoms with E-state index in [0.717, 1.165) is 5.56 Å². The Morgan fingerprint density at radius 3 is 1.94 bits per heavy atom. The van der Waals surface area contributed by atoms with Crippen molar-refractivity contribution in [1.29, 1.82) is 0 Å². The van der Waals surface area contributed by atoms with E-state index < -0.39 is 10.0 Å². The van der Waals surface area contributed by atoms with Gasteiger partial charge < -0.3 is 0 Å². The first-order valence-electron chi connectivity index (χ1n) is 5.09. The highest BCUT2D eigenvalue weighted by atomic mass is 32.2. The van der Waals surface area contributed by atoms with E-state index in [1.165, 1.54) is 18.3 Å². The van der Waals surface area contributed by atoms with Crippen LogP contribution in [0.5, 0.6) is 0 Å². The van der Waals surface area contributed by atoms with Crippen molar-refractivity contribution in [2.75, 3.05) is 0 Å². The van der Waals surface area contributed by atoms with Crippen molar-refractivity contribution in [1.82, 2.24) is 0 Å². The van der Waals surface area contributed by atoms with Gasteiger partial charge in [0, 0.05) is 6.21 Å². The first-order valence-corrected chi connectivity index (χ1v) is 6.53. The fourth-order valence-corrected chi connectivity index (χ4v) is 2.21. The quantitative estimate of drug-likeness (QED) is 0.780. The molecule has 0 atom stereocenters. The fraction of sp³-hybridized carbons (Fsp3) is 0. The fourth-order valence-electron chi connectivity index (χ4n) is 1.32.